The molecule has 0 saturated carbocycles. The molecule has 1 aliphatic heterocycles. The first-order valence-corrected chi connectivity index (χ1v) is 7.66. The van der Waals surface area contributed by atoms with Gasteiger partial charge in [-0.15, -0.1) is 11.3 Å². The SMILES string of the molecule is CC1CCCN(C(=O)c2sccc2C#CCN)CC1. The third-order valence-corrected chi connectivity index (χ3v) is 4.39. The average molecular weight is 276 g/mol. The summed E-state index contributed by atoms with van der Waals surface area (Å²) in [5, 5.41) is 1.92. The number of amides is 1. The molecule has 19 heavy (non-hydrogen) atoms. The Morgan fingerprint density at radius 1 is 1.53 bits per heavy atom. The summed E-state index contributed by atoms with van der Waals surface area (Å²) in [5.41, 5.74) is 6.20. The van der Waals surface area contributed by atoms with Gasteiger partial charge in [-0.25, -0.2) is 0 Å². The van der Waals surface area contributed by atoms with E-state index < -0.39 is 0 Å². The van der Waals surface area contributed by atoms with Crippen molar-refractivity contribution in [3.05, 3.63) is 21.9 Å². The van der Waals surface area contributed by atoms with Crippen LogP contribution in [0.25, 0.3) is 0 Å². The first-order chi connectivity index (χ1) is 9.22. The van der Waals surface area contributed by atoms with Crippen molar-refractivity contribution in [2.24, 2.45) is 11.7 Å². The highest BCUT2D eigenvalue weighted by Crippen LogP contribution is 2.22. The fourth-order valence-electron chi connectivity index (χ4n) is 2.33. The van der Waals surface area contributed by atoms with Gasteiger partial charge < -0.3 is 10.6 Å². The zero-order valence-electron chi connectivity index (χ0n) is 11.3. The number of nitrogens with zero attached hydrogens (tertiary/aromatic N) is 1. The van der Waals surface area contributed by atoms with Crippen LogP contribution in [0.5, 0.6) is 0 Å². The first kappa shape index (κ1) is 14.1. The minimum Gasteiger partial charge on any atom is -0.338 e. The Hall–Kier alpha value is -1.31. The van der Waals surface area contributed by atoms with Gasteiger partial charge in [0.05, 0.1) is 6.54 Å². The van der Waals surface area contributed by atoms with Crippen molar-refractivity contribution in [2.45, 2.75) is 26.2 Å². The first-order valence-electron chi connectivity index (χ1n) is 6.78. The molecule has 1 amide bonds. The molecule has 1 aromatic heterocycles. The van der Waals surface area contributed by atoms with E-state index in [9.17, 15) is 4.79 Å². The second kappa shape index (κ2) is 6.74. The quantitative estimate of drug-likeness (QED) is 0.800. The number of nitrogens with two attached hydrogens (primary N) is 1. The smallest absolute Gasteiger partial charge is 0.265 e. The van der Waals surface area contributed by atoms with E-state index in [1.54, 1.807) is 0 Å². The Morgan fingerprint density at radius 3 is 3.16 bits per heavy atom. The molecule has 1 aliphatic rings. The van der Waals surface area contributed by atoms with Crippen LogP contribution in [-0.4, -0.2) is 30.4 Å². The zero-order chi connectivity index (χ0) is 13.7. The van der Waals surface area contributed by atoms with Crippen molar-refractivity contribution >= 4 is 17.2 Å². The van der Waals surface area contributed by atoms with Crippen LogP contribution in [0.2, 0.25) is 0 Å². The molecule has 2 heterocycles. The summed E-state index contributed by atoms with van der Waals surface area (Å²) in [5.74, 6) is 6.66. The monoisotopic (exact) mass is 276 g/mol. The lowest BCUT2D eigenvalue weighted by Gasteiger charge is -2.19. The average Bonchev–Trinajstić information content (AvgIpc) is 2.77. The third kappa shape index (κ3) is 3.59. The van der Waals surface area contributed by atoms with Crippen LogP contribution < -0.4 is 5.73 Å². The number of hydrogen-bond donors (Lipinski definition) is 1. The van der Waals surface area contributed by atoms with Crippen LogP contribution in [0.15, 0.2) is 11.4 Å². The maximum absolute atomic E-state index is 12.5. The summed E-state index contributed by atoms with van der Waals surface area (Å²) in [6.45, 7) is 4.31. The van der Waals surface area contributed by atoms with Crippen LogP contribution in [0, 0.1) is 17.8 Å². The van der Waals surface area contributed by atoms with E-state index >= 15 is 0 Å². The van der Waals surface area contributed by atoms with E-state index in [0.29, 0.717) is 6.54 Å². The molecule has 0 aliphatic carbocycles. The molecular formula is C15H20N2OS. The Balaban J connectivity index is 2.13. The molecular weight excluding hydrogens is 256 g/mol. The standard InChI is InChI=1S/C15H20N2OS/c1-12-4-3-9-17(10-6-12)15(18)14-13(5-2-8-16)7-11-19-14/h7,11-12H,3-4,6,8-10,16H2,1H3. The minimum absolute atomic E-state index is 0.130. The Bertz CT molecular complexity index is 498. The summed E-state index contributed by atoms with van der Waals surface area (Å²) < 4.78 is 0. The number of carbonyl (C=O) groups excluding carboxylic acids is 1. The van der Waals surface area contributed by atoms with Gasteiger partial charge in [-0.3, -0.25) is 4.79 Å². The number of hydrogen-bond acceptors (Lipinski definition) is 3. The van der Waals surface area contributed by atoms with Crippen molar-refractivity contribution in [1.29, 1.82) is 0 Å². The van der Waals surface area contributed by atoms with E-state index in [2.05, 4.69) is 18.8 Å². The lowest BCUT2D eigenvalue weighted by Crippen LogP contribution is -2.31. The molecule has 1 aromatic rings. The summed E-state index contributed by atoms with van der Waals surface area (Å²) >= 11 is 1.47. The van der Waals surface area contributed by atoms with Crippen LogP contribution in [0.4, 0.5) is 0 Å². The molecule has 1 fully saturated rings. The highest BCUT2D eigenvalue weighted by molar-refractivity contribution is 7.12. The topological polar surface area (TPSA) is 46.3 Å². The second-order valence-corrected chi connectivity index (χ2v) is 5.91. The third-order valence-electron chi connectivity index (χ3n) is 3.49. The highest BCUT2D eigenvalue weighted by Gasteiger charge is 2.22. The Kier molecular flexibility index (Phi) is 5.00. The molecule has 1 saturated heterocycles. The normalized spacial score (nSPS) is 19.5. The Morgan fingerprint density at radius 2 is 2.37 bits per heavy atom. The van der Waals surface area contributed by atoms with Crippen molar-refractivity contribution in [2.75, 3.05) is 19.6 Å². The number of carbonyl (C=O) groups is 1. The summed E-state index contributed by atoms with van der Waals surface area (Å²) in [6.07, 6.45) is 3.41. The largest absolute Gasteiger partial charge is 0.338 e. The van der Waals surface area contributed by atoms with Gasteiger partial charge in [0, 0.05) is 18.7 Å². The molecule has 0 aromatic carbocycles. The van der Waals surface area contributed by atoms with Gasteiger partial charge in [0.1, 0.15) is 4.88 Å². The van der Waals surface area contributed by atoms with Crippen LogP contribution >= 0.6 is 11.3 Å². The summed E-state index contributed by atoms with van der Waals surface area (Å²) in [4.78, 5) is 15.3. The second-order valence-electron chi connectivity index (χ2n) is 5.00. The fraction of sp³-hybridized carbons (Fsp3) is 0.533. The molecule has 4 heteroatoms. The van der Waals surface area contributed by atoms with Gasteiger partial charge in [0.2, 0.25) is 0 Å². The molecule has 1 unspecified atom stereocenters. The molecule has 1 atom stereocenters. The van der Waals surface area contributed by atoms with Crippen molar-refractivity contribution in [1.82, 2.24) is 4.90 Å². The summed E-state index contributed by atoms with van der Waals surface area (Å²) in [6, 6.07) is 1.90. The van der Waals surface area contributed by atoms with Crippen molar-refractivity contribution in [3.63, 3.8) is 0 Å². The number of likely N-dealkylation sites (tertiary alicyclic amines) is 1. The van der Waals surface area contributed by atoms with Crippen molar-refractivity contribution < 1.29 is 4.79 Å². The van der Waals surface area contributed by atoms with Crippen LogP contribution in [0.3, 0.4) is 0 Å². The predicted octanol–water partition coefficient (Wildman–Crippen LogP) is 2.32. The molecule has 0 radical (unpaired) electrons. The maximum atomic E-state index is 12.5. The van der Waals surface area contributed by atoms with Crippen LogP contribution in [0.1, 0.15) is 41.4 Å². The van der Waals surface area contributed by atoms with Gasteiger partial charge in [-0.1, -0.05) is 18.8 Å². The minimum atomic E-state index is 0.130. The molecule has 3 nitrogen and oxygen atoms in total. The highest BCUT2D eigenvalue weighted by atomic mass is 32.1. The van der Waals surface area contributed by atoms with Gasteiger partial charge in [-0.2, -0.15) is 0 Å². The van der Waals surface area contributed by atoms with E-state index in [0.717, 1.165) is 42.3 Å². The van der Waals surface area contributed by atoms with Crippen LogP contribution in [-0.2, 0) is 0 Å². The van der Waals surface area contributed by atoms with Gasteiger partial charge in [0.15, 0.2) is 0 Å². The predicted molar refractivity (Wildman–Crippen MR) is 79.2 cm³/mol. The molecule has 0 bridgehead atoms. The van der Waals surface area contributed by atoms with E-state index in [-0.39, 0.29) is 5.91 Å². The van der Waals surface area contributed by atoms with Crippen molar-refractivity contribution in [3.8, 4) is 11.8 Å². The van der Waals surface area contributed by atoms with E-state index in [1.807, 2.05) is 16.3 Å². The fourth-order valence-corrected chi connectivity index (χ4v) is 3.15. The van der Waals surface area contributed by atoms with E-state index in [1.165, 1.54) is 17.8 Å². The molecule has 2 rings (SSSR count). The van der Waals surface area contributed by atoms with E-state index in [4.69, 9.17) is 5.73 Å². The lowest BCUT2D eigenvalue weighted by molar-refractivity contribution is 0.0765. The zero-order valence-corrected chi connectivity index (χ0v) is 12.1. The summed E-state index contributed by atoms with van der Waals surface area (Å²) in [7, 11) is 0. The Labute approximate surface area is 118 Å². The lowest BCUT2D eigenvalue weighted by atomic mass is 10.0. The maximum Gasteiger partial charge on any atom is 0.265 e. The van der Waals surface area contributed by atoms with Gasteiger partial charge in [0.25, 0.3) is 5.91 Å². The molecule has 2 N–H and O–H groups in total. The van der Waals surface area contributed by atoms with Gasteiger partial charge >= 0.3 is 0 Å². The van der Waals surface area contributed by atoms with Gasteiger partial charge in [-0.05, 0) is 36.6 Å². The molecule has 0 spiro atoms. The number of thiophene rings is 1. The number of rotatable bonds is 1. The molecule has 102 valence electrons.